The average molecular weight is 283 g/mol. The van der Waals surface area contributed by atoms with Crippen molar-refractivity contribution in [3.63, 3.8) is 0 Å². The van der Waals surface area contributed by atoms with Gasteiger partial charge in [0.05, 0.1) is 11.6 Å². The number of likely N-dealkylation sites (tertiary alicyclic amines) is 1. The summed E-state index contributed by atoms with van der Waals surface area (Å²) >= 11 is 5.74. The fourth-order valence-electron chi connectivity index (χ4n) is 1.98. The van der Waals surface area contributed by atoms with Gasteiger partial charge in [0, 0.05) is 25.4 Å². The van der Waals surface area contributed by atoms with E-state index in [0.717, 1.165) is 13.1 Å². The van der Waals surface area contributed by atoms with E-state index in [1.807, 2.05) is 0 Å². The Bertz CT molecular complexity index is 415. The quantitative estimate of drug-likeness (QED) is 0.521. The summed E-state index contributed by atoms with van der Waals surface area (Å²) in [5, 5.41) is 0.597. The molecule has 0 aliphatic carbocycles. The molecule has 0 amide bonds. The number of rotatable bonds is 4. The topological polar surface area (TPSA) is 63.7 Å². The van der Waals surface area contributed by atoms with Gasteiger partial charge in [-0.25, -0.2) is 9.98 Å². The van der Waals surface area contributed by atoms with Crippen LogP contribution < -0.4 is 10.5 Å². The first-order valence-electron chi connectivity index (χ1n) is 6.55. The molecule has 1 aromatic heterocycles. The second-order valence-electron chi connectivity index (χ2n) is 4.45. The molecule has 1 aliphatic rings. The molecule has 104 valence electrons. The highest BCUT2D eigenvalue weighted by atomic mass is 35.5. The Hall–Kier alpha value is -1.49. The van der Waals surface area contributed by atoms with E-state index >= 15 is 0 Å². The van der Waals surface area contributed by atoms with Crippen molar-refractivity contribution in [1.29, 1.82) is 0 Å². The molecule has 1 aliphatic heterocycles. The van der Waals surface area contributed by atoms with Crippen molar-refractivity contribution in [2.24, 2.45) is 10.7 Å². The number of pyridine rings is 1. The van der Waals surface area contributed by atoms with Gasteiger partial charge in [0.2, 0.25) is 5.88 Å². The van der Waals surface area contributed by atoms with Crippen molar-refractivity contribution < 1.29 is 4.74 Å². The van der Waals surface area contributed by atoms with Gasteiger partial charge in [0.1, 0.15) is 6.61 Å². The molecule has 0 bridgehead atoms. The minimum atomic E-state index is 0.461. The smallest absolute Gasteiger partial charge is 0.213 e. The fourth-order valence-corrected chi connectivity index (χ4v) is 2.09. The van der Waals surface area contributed by atoms with Crippen LogP contribution in [-0.2, 0) is 0 Å². The maximum absolute atomic E-state index is 5.94. The zero-order valence-electron chi connectivity index (χ0n) is 10.9. The predicted molar refractivity (Wildman–Crippen MR) is 76.7 cm³/mol. The number of hydrogen-bond donors (Lipinski definition) is 1. The maximum atomic E-state index is 5.94. The third-order valence-electron chi connectivity index (χ3n) is 3.00. The molecule has 0 atom stereocenters. The first-order chi connectivity index (χ1) is 9.25. The van der Waals surface area contributed by atoms with E-state index < -0.39 is 0 Å². The Morgan fingerprint density at radius 3 is 2.84 bits per heavy atom. The fraction of sp³-hybridized carbons (Fsp3) is 0.538. The summed E-state index contributed by atoms with van der Waals surface area (Å²) in [7, 11) is 0. The molecule has 0 spiro atoms. The number of nitrogens with zero attached hydrogens (tertiary/aromatic N) is 3. The minimum absolute atomic E-state index is 0.461. The van der Waals surface area contributed by atoms with Crippen LogP contribution >= 0.6 is 11.6 Å². The molecular formula is C13H19ClN4O. The van der Waals surface area contributed by atoms with Crippen LogP contribution in [0.25, 0.3) is 0 Å². The van der Waals surface area contributed by atoms with Crippen molar-refractivity contribution >= 4 is 17.6 Å². The molecule has 0 aromatic carbocycles. The van der Waals surface area contributed by atoms with Crippen LogP contribution in [-0.4, -0.2) is 42.1 Å². The zero-order valence-corrected chi connectivity index (χ0v) is 11.6. The zero-order chi connectivity index (χ0) is 13.5. The second kappa shape index (κ2) is 7.19. The summed E-state index contributed by atoms with van der Waals surface area (Å²) in [6.07, 6.45) is 5.24. The van der Waals surface area contributed by atoms with E-state index in [4.69, 9.17) is 22.1 Å². The van der Waals surface area contributed by atoms with E-state index in [9.17, 15) is 0 Å². The largest absolute Gasteiger partial charge is 0.476 e. The Morgan fingerprint density at radius 2 is 2.16 bits per heavy atom. The van der Waals surface area contributed by atoms with Crippen molar-refractivity contribution in [2.75, 3.05) is 26.2 Å². The predicted octanol–water partition coefficient (Wildman–Crippen LogP) is 1.91. The summed E-state index contributed by atoms with van der Waals surface area (Å²) in [5.41, 5.74) is 5.94. The standard InChI is InChI=1S/C13H19ClN4O/c14-11-4-5-12(17-10-11)19-9-6-16-13(15)18-7-2-1-3-8-18/h4-5,10H,1-3,6-9H2,(H2,15,16). The molecular weight excluding hydrogens is 264 g/mol. The number of aromatic nitrogens is 1. The molecule has 1 saturated heterocycles. The van der Waals surface area contributed by atoms with Gasteiger partial charge in [-0.2, -0.15) is 0 Å². The van der Waals surface area contributed by atoms with Gasteiger partial charge in [0.15, 0.2) is 5.96 Å². The summed E-state index contributed by atoms with van der Waals surface area (Å²) in [6, 6.07) is 3.48. The molecule has 1 aromatic rings. The number of nitrogens with two attached hydrogens (primary N) is 1. The molecule has 19 heavy (non-hydrogen) atoms. The van der Waals surface area contributed by atoms with E-state index in [1.165, 1.54) is 19.3 Å². The maximum Gasteiger partial charge on any atom is 0.213 e. The van der Waals surface area contributed by atoms with Gasteiger partial charge in [-0.05, 0) is 25.3 Å². The first-order valence-corrected chi connectivity index (χ1v) is 6.93. The number of hydrogen-bond acceptors (Lipinski definition) is 3. The lowest BCUT2D eigenvalue weighted by atomic mass is 10.1. The summed E-state index contributed by atoms with van der Waals surface area (Å²) in [5.74, 6) is 1.17. The van der Waals surface area contributed by atoms with E-state index in [0.29, 0.717) is 30.0 Å². The minimum Gasteiger partial charge on any atom is -0.476 e. The van der Waals surface area contributed by atoms with E-state index in [-0.39, 0.29) is 0 Å². The van der Waals surface area contributed by atoms with Gasteiger partial charge in [-0.15, -0.1) is 0 Å². The van der Waals surface area contributed by atoms with Crippen LogP contribution in [0.1, 0.15) is 19.3 Å². The normalized spacial score (nSPS) is 16.5. The van der Waals surface area contributed by atoms with E-state index in [2.05, 4.69) is 14.9 Å². The monoisotopic (exact) mass is 282 g/mol. The van der Waals surface area contributed by atoms with Crippen LogP contribution in [0.2, 0.25) is 5.02 Å². The SMILES string of the molecule is NC(=NCCOc1ccc(Cl)cn1)N1CCCCC1. The van der Waals surface area contributed by atoms with Crippen molar-refractivity contribution in [1.82, 2.24) is 9.88 Å². The second-order valence-corrected chi connectivity index (χ2v) is 4.89. The average Bonchev–Trinajstić information content (AvgIpc) is 2.46. The lowest BCUT2D eigenvalue weighted by Crippen LogP contribution is -2.41. The highest BCUT2D eigenvalue weighted by Gasteiger charge is 2.11. The molecule has 2 rings (SSSR count). The van der Waals surface area contributed by atoms with Crippen LogP contribution in [0.3, 0.4) is 0 Å². The molecule has 0 unspecified atom stereocenters. The number of piperidine rings is 1. The number of guanidine groups is 1. The van der Waals surface area contributed by atoms with Crippen molar-refractivity contribution in [3.8, 4) is 5.88 Å². The molecule has 0 saturated carbocycles. The van der Waals surface area contributed by atoms with Crippen molar-refractivity contribution in [3.05, 3.63) is 23.4 Å². The Balaban J connectivity index is 1.71. The van der Waals surface area contributed by atoms with Gasteiger partial charge in [-0.3, -0.25) is 0 Å². The van der Waals surface area contributed by atoms with Gasteiger partial charge in [-0.1, -0.05) is 11.6 Å². The molecule has 1 fully saturated rings. The van der Waals surface area contributed by atoms with Crippen LogP contribution in [0.15, 0.2) is 23.3 Å². The number of aliphatic imine (C=N–C) groups is 1. The number of halogens is 1. The highest BCUT2D eigenvalue weighted by molar-refractivity contribution is 6.30. The van der Waals surface area contributed by atoms with Crippen LogP contribution in [0.4, 0.5) is 0 Å². The van der Waals surface area contributed by atoms with Gasteiger partial charge >= 0.3 is 0 Å². The molecule has 6 heteroatoms. The molecule has 5 nitrogen and oxygen atoms in total. The summed E-state index contributed by atoms with van der Waals surface area (Å²) in [6.45, 7) is 3.01. The lowest BCUT2D eigenvalue weighted by Gasteiger charge is -2.27. The molecule has 0 radical (unpaired) electrons. The summed E-state index contributed by atoms with van der Waals surface area (Å²) < 4.78 is 5.45. The summed E-state index contributed by atoms with van der Waals surface area (Å²) in [4.78, 5) is 10.5. The molecule has 2 heterocycles. The third kappa shape index (κ3) is 4.59. The van der Waals surface area contributed by atoms with Gasteiger partial charge in [0.25, 0.3) is 0 Å². The van der Waals surface area contributed by atoms with E-state index in [1.54, 1.807) is 18.3 Å². The Kier molecular flexibility index (Phi) is 5.27. The van der Waals surface area contributed by atoms with Crippen LogP contribution in [0.5, 0.6) is 5.88 Å². The van der Waals surface area contributed by atoms with Gasteiger partial charge < -0.3 is 15.4 Å². The molecule has 2 N–H and O–H groups in total. The van der Waals surface area contributed by atoms with Crippen LogP contribution in [0, 0.1) is 0 Å². The first kappa shape index (κ1) is 13.9. The third-order valence-corrected chi connectivity index (χ3v) is 3.22. The lowest BCUT2D eigenvalue weighted by molar-refractivity contribution is 0.311. The Labute approximate surface area is 118 Å². The van der Waals surface area contributed by atoms with Crippen molar-refractivity contribution in [2.45, 2.75) is 19.3 Å². The number of ether oxygens (including phenoxy) is 1. The highest BCUT2D eigenvalue weighted by Crippen LogP contribution is 2.11. The Morgan fingerprint density at radius 1 is 1.37 bits per heavy atom.